The van der Waals surface area contributed by atoms with Crippen molar-refractivity contribution in [1.29, 1.82) is 0 Å². The summed E-state index contributed by atoms with van der Waals surface area (Å²) < 4.78 is 26.8. The summed E-state index contributed by atoms with van der Waals surface area (Å²) in [5.74, 6) is -2.81. The standard InChI is InChI=1S/C10H8BrF2N/c1-10(12,13)9-5-6-4-7(11)2-3-8(6)14-9/h2-5,14H,1H3. The molecule has 0 radical (unpaired) electrons. The number of halogens is 3. The molecule has 4 heteroatoms. The quantitative estimate of drug-likeness (QED) is 0.796. The third-order valence-corrected chi connectivity index (χ3v) is 2.55. The maximum absolute atomic E-state index is 13.0. The molecular weight excluding hydrogens is 252 g/mol. The highest BCUT2D eigenvalue weighted by molar-refractivity contribution is 9.10. The van der Waals surface area contributed by atoms with E-state index in [0.717, 1.165) is 22.3 Å². The first-order valence-corrected chi connectivity index (χ1v) is 4.93. The van der Waals surface area contributed by atoms with Gasteiger partial charge in [0.1, 0.15) is 0 Å². The zero-order valence-electron chi connectivity index (χ0n) is 7.44. The maximum atomic E-state index is 13.0. The lowest BCUT2D eigenvalue weighted by Crippen LogP contribution is -2.06. The first-order valence-electron chi connectivity index (χ1n) is 4.13. The fourth-order valence-corrected chi connectivity index (χ4v) is 1.72. The Bertz CT molecular complexity index is 470. The number of benzene rings is 1. The Labute approximate surface area is 88.3 Å². The van der Waals surface area contributed by atoms with Gasteiger partial charge in [0.25, 0.3) is 5.92 Å². The van der Waals surface area contributed by atoms with Gasteiger partial charge in [0.05, 0.1) is 5.69 Å². The molecule has 74 valence electrons. The summed E-state index contributed by atoms with van der Waals surface area (Å²) in [5.41, 5.74) is 0.676. The van der Waals surface area contributed by atoms with Gasteiger partial charge in [-0.15, -0.1) is 0 Å². The lowest BCUT2D eigenvalue weighted by atomic mass is 10.2. The van der Waals surface area contributed by atoms with Crippen molar-refractivity contribution in [2.45, 2.75) is 12.8 Å². The number of hydrogen-bond donors (Lipinski definition) is 1. The van der Waals surface area contributed by atoms with Crippen LogP contribution in [0.2, 0.25) is 0 Å². The van der Waals surface area contributed by atoms with Crippen LogP contribution < -0.4 is 0 Å². The van der Waals surface area contributed by atoms with Gasteiger partial charge in [-0.3, -0.25) is 0 Å². The van der Waals surface area contributed by atoms with E-state index < -0.39 is 5.92 Å². The molecule has 2 aromatic rings. The van der Waals surface area contributed by atoms with Gasteiger partial charge >= 0.3 is 0 Å². The van der Waals surface area contributed by atoms with E-state index in [2.05, 4.69) is 20.9 Å². The van der Waals surface area contributed by atoms with E-state index >= 15 is 0 Å². The molecule has 0 aliphatic heterocycles. The Morgan fingerprint density at radius 3 is 2.64 bits per heavy atom. The second-order valence-corrected chi connectivity index (χ2v) is 4.22. The average molecular weight is 260 g/mol. The van der Waals surface area contributed by atoms with Crippen molar-refractivity contribution < 1.29 is 8.78 Å². The van der Waals surface area contributed by atoms with Crippen LogP contribution >= 0.6 is 15.9 Å². The Morgan fingerprint density at radius 1 is 1.29 bits per heavy atom. The SMILES string of the molecule is CC(F)(F)c1cc2cc(Br)ccc2[nH]1. The highest BCUT2D eigenvalue weighted by Gasteiger charge is 2.26. The number of alkyl halides is 2. The molecule has 2 rings (SSSR count). The van der Waals surface area contributed by atoms with Gasteiger partial charge in [-0.2, -0.15) is 0 Å². The largest absolute Gasteiger partial charge is 0.353 e. The van der Waals surface area contributed by atoms with Crippen LogP contribution in [0.25, 0.3) is 10.9 Å². The Balaban J connectivity index is 2.63. The van der Waals surface area contributed by atoms with Gasteiger partial charge in [-0.25, -0.2) is 8.78 Å². The van der Waals surface area contributed by atoms with E-state index in [0.29, 0.717) is 0 Å². The molecule has 0 unspecified atom stereocenters. The molecule has 1 nitrogen and oxygen atoms in total. The molecule has 0 atom stereocenters. The lowest BCUT2D eigenvalue weighted by molar-refractivity contribution is 0.0135. The van der Waals surface area contributed by atoms with Gasteiger partial charge < -0.3 is 4.98 Å². The molecule has 0 aliphatic carbocycles. The summed E-state index contributed by atoms with van der Waals surface area (Å²) in [5, 5.41) is 0.788. The van der Waals surface area contributed by atoms with Gasteiger partial charge in [0, 0.05) is 22.3 Å². The van der Waals surface area contributed by atoms with Crippen LogP contribution in [0, 0.1) is 0 Å². The van der Waals surface area contributed by atoms with E-state index in [-0.39, 0.29) is 5.69 Å². The van der Waals surface area contributed by atoms with Crippen LogP contribution in [0.4, 0.5) is 8.78 Å². The van der Waals surface area contributed by atoms with Crippen LogP contribution in [0.15, 0.2) is 28.7 Å². The molecule has 0 spiro atoms. The molecule has 0 bridgehead atoms. The Hall–Kier alpha value is -0.900. The van der Waals surface area contributed by atoms with E-state index in [1.54, 1.807) is 12.1 Å². The van der Waals surface area contributed by atoms with Crippen LogP contribution in [-0.4, -0.2) is 4.98 Å². The number of hydrogen-bond acceptors (Lipinski definition) is 0. The molecule has 1 aromatic carbocycles. The average Bonchev–Trinajstić information content (AvgIpc) is 2.45. The zero-order valence-corrected chi connectivity index (χ0v) is 9.03. The number of H-pyrrole nitrogens is 1. The minimum absolute atomic E-state index is 0.0504. The van der Waals surface area contributed by atoms with Crippen molar-refractivity contribution in [3.63, 3.8) is 0 Å². The highest BCUT2D eigenvalue weighted by atomic mass is 79.9. The number of aromatic nitrogens is 1. The molecule has 0 fully saturated rings. The highest BCUT2D eigenvalue weighted by Crippen LogP contribution is 2.30. The van der Waals surface area contributed by atoms with Crippen molar-refractivity contribution in [2.24, 2.45) is 0 Å². The van der Waals surface area contributed by atoms with Crippen molar-refractivity contribution in [2.75, 3.05) is 0 Å². The third kappa shape index (κ3) is 1.66. The Kier molecular flexibility index (Phi) is 2.10. The van der Waals surface area contributed by atoms with E-state index in [1.807, 2.05) is 6.07 Å². The van der Waals surface area contributed by atoms with E-state index in [9.17, 15) is 8.78 Å². The van der Waals surface area contributed by atoms with Crippen molar-refractivity contribution in [3.8, 4) is 0 Å². The normalized spacial score (nSPS) is 12.3. The van der Waals surface area contributed by atoms with Crippen LogP contribution in [0.5, 0.6) is 0 Å². The summed E-state index contributed by atoms with van der Waals surface area (Å²) in [6.45, 7) is 0.882. The molecule has 0 saturated carbocycles. The molecule has 1 aromatic heterocycles. The predicted octanol–water partition coefficient (Wildman–Crippen LogP) is 4.04. The lowest BCUT2D eigenvalue weighted by Gasteiger charge is -2.05. The van der Waals surface area contributed by atoms with Gasteiger partial charge in [-0.1, -0.05) is 15.9 Å². The summed E-state index contributed by atoms with van der Waals surface area (Å²) in [4.78, 5) is 2.69. The molecule has 0 saturated heterocycles. The zero-order chi connectivity index (χ0) is 10.3. The van der Waals surface area contributed by atoms with E-state index in [4.69, 9.17) is 0 Å². The van der Waals surface area contributed by atoms with Crippen LogP contribution in [-0.2, 0) is 5.92 Å². The number of rotatable bonds is 1. The second kappa shape index (κ2) is 3.05. The van der Waals surface area contributed by atoms with Gasteiger partial charge in [-0.05, 0) is 24.3 Å². The van der Waals surface area contributed by atoms with Crippen molar-refractivity contribution in [3.05, 3.63) is 34.4 Å². The Morgan fingerprint density at radius 2 is 2.00 bits per heavy atom. The summed E-state index contributed by atoms with van der Waals surface area (Å²) in [6, 6.07) is 6.87. The van der Waals surface area contributed by atoms with Crippen molar-refractivity contribution >= 4 is 26.8 Å². The molecule has 14 heavy (non-hydrogen) atoms. The minimum Gasteiger partial charge on any atom is -0.353 e. The first-order chi connectivity index (χ1) is 6.47. The number of aromatic amines is 1. The molecule has 1 heterocycles. The molecule has 0 aliphatic rings. The van der Waals surface area contributed by atoms with Gasteiger partial charge in [0.15, 0.2) is 0 Å². The molecule has 1 N–H and O–H groups in total. The molecular formula is C10H8BrF2N. The van der Waals surface area contributed by atoms with Crippen LogP contribution in [0.3, 0.4) is 0 Å². The minimum atomic E-state index is -2.81. The summed E-state index contributed by atoms with van der Waals surface area (Å²) in [7, 11) is 0. The number of nitrogens with one attached hydrogen (secondary N) is 1. The van der Waals surface area contributed by atoms with Crippen molar-refractivity contribution in [1.82, 2.24) is 4.98 Å². The van der Waals surface area contributed by atoms with Gasteiger partial charge in [0.2, 0.25) is 0 Å². The maximum Gasteiger partial charge on any atom is 0.284 e. The number of fused-ring (bicyclic) bond motifs is 1. The summed E-state index contributed by atoms with van der Waals surface area (Å²) in [6.07, 6.45) is 0. The topological polar surface area (TPSA) is 15.8 Å². The second-order valence-electron chi connectivity index (χ2n) is 3.30. The fraction of sp³-hybridized carbons (Fsp3) is 0.200. The van der Waals surface area contributed by atoms with E-state index in [1.165, 1.54) is 6.07 Å². The first kappa shape index (κ1) is 9.65. The smallest absolute Gasteiger partial charge is 0.284 e. The summed E-state index contributed by atoms with van der Waals surface area (Å²) >= 11 is 3.29. The fourth-order valence-electron chi connectivity index (χ4n) is 1.34. The third-order valence-electron chi connectivity index (χ3n) is 2.06. The monoisotopic (exact) mass is 259 g/mol. The predicted molar refractivity (Wildman–Crippen MR) is 55.6 cm³/mol. The molecule has 0 amide bonds. The van der Waals surface area contributed by atoms with Crippen LogP contribution in [0.1, 0.15) is 12.6 Å².